The third kappa shape index (κ3) is 1.40. The fraction of sp³-hybridized carbons (Fsp3) is 0. The number of aliphatic imine (C=N–C) groups is 1. The predicted molar refractivity (Wildman–Crippen MR) is 61.8 cm³/mol. The first-order chi connectivity index (χ1) is 7.43. The Morgan fingerprint density at radius 1 is 0.733 bits per heavy atom. The quantitative estimate of drug-likeness (QED) is 0.664. The monoisotopic (exact) mass is 193 g/mol. The lowest BCUT2D eigenvalue weighted by Crippen LogP contribution is -1.85. The molecule has 1 aliphatic heterocycles. The van der Waals surface area contributed by atoms with Crippen molar-refractivity contribution in [3.05, 3.63) is 48.5 Å². The molecule has 2 aromatic carbocycles. The average Bonchev–Trinajstić information content (AvgIpc) is 2.77. The third-order valence-electron chi connectivity index (χ3n) is 2.48. The molecule has 3 rings (SSSR count). The molecule has 0 saturated heterocycles. The van der Waals surface area contributed by atoms with Crippen molar-refractivity contribution in [2.75, 3.05) is 0 Å². The van der Waals surface area contributed by atoms with E-state index in [0.717, 1.165) is 11.4 Å². The van der Waals surface area contributed by atoms with E-state index in [4.69, 9.17) is 0 Å². The maximum Gasteiger partial charge on any atom is 0.116 e. The van der Waals surface area contributed by atoms with E-state index in [9.17, 15) is 0 Å². The summed E-state index contributed by atoms with van der Waals surface area (Å²) < 4.78 is 0. The van der Waals surface area contributed by atoms with E-state index in [0.29, 0.717) is 0 Å². The van der Waals surface area contributed by atoms with Crippen LogP contribution in [0.4, 0.5) is 11.4 Å². The maximum absolute atomic E-state index is 4.19. The minimum Gasteiger partial charge on any atom is -0.235 e. The maximum atomic E-state index is 4.19. The van der Waals surface area contributed by atoms with Gasteiger partial charge in [0.2, 0.25) is 0 Å². The van der Waals surface area contributed by atoms with Crippen molar-refractivity contribution in [2.45, 2.75) is 0 Å². The smallest absolute Gasteiger partial charge is 0.116 e. The summed E-state index contributed by atoms with van der Waals surface area (Å²) in [6.45, 7) is 0. The SMILES string of the molecule is C1=Nc2ccc(-c3ccccc3)cc2[N]1. The molecule has 15 heavy (non-hydrogen) atoms. The highest BCUT2D eigenvalue weighted by Gasteiger charge is 2.08. The first-order valence-electron chi connectivity index (χ1n) is 4.86. The van der Waals surface area contributed by atoms with Gasteiger partial charge in [0.05, 0.1) is 11.4 Å². The molecule has 1 heterocycles. The number of fused-ring (bicyclic) bond motifs is 1. The summed E-state index contributed by atoms with van der Waals surface area (Å²) in [4.78, 5) is 4.14. The highest BCUT2D eigenvalue weighted by atomic mass is 15.0. The fourth-order valence-electron chi connectivity index (χ4n) is 1.70. The molecule has 0 fully saturated rings. The zero-order valence-corrected chi connectivity index (χ0v) is 8.09. The molecule has 2 heteroatoms. The molecule has 0 aliphatic carbocycles. The zero-order chi connectivity index (χ0) is 10.1. The van der Waals surface area contributed by atoms with Gasteiger partial charge in [-0.15, -0.1) is 0 Å². The highest BCUT2D eigenvalue weighted by molar-refractivity contribution is 5.84. The van der Waals surface area contributed by atoms with E-state index < -0.39 is 0 Å². The molecule has 0 unspecified atom stereocenters. The van der Waals surface area contributed by atoms with Crippen molar-refractivity contribution in [2.24, 2.45) is 4.99 Å². The van der Waals surface area contributed by atoms with Gasteiger partial charge in [-0.05, 0) is 23.3 Å². The summed E-state index contributed by atoms with van der Waals surface area (Å²) in [5, 5.41) is 4.19. The normalized spacial score (nSPS) is 12.3. The van der Waals surface area contributed by atoms with Crippen molar-refractivity contribution in [3.8, 4) is 11.1 Å². The van der Waals surface area contributed by atoms with E-state index in [-0.39, 0.29) is 0 Å². The summed E-state index contributed by atoms with van der Waals surface area (Å²) in [5.74, 6) is 0. The Balaban J connectivity index is 2.09. The van der Waals surface area contributed by atoms with Gasteiger partial charge in [-0.1, -0.05) is 36.4 Å². The second-order valence-electron chi connectivity index (χ2n) is 3.44. The van der Waals surface area contributed by atoms with Crippen LogP contribution in [-0.2, 0) is 0 Å². The molecule has 0 N–H and O–H groups in total. The first-order valence-corrected chi connectivity index (χ1v) is 4.86. The van der Waals surface area contributed by atoms with Gasteiger partial charge in [0.25, 0.3) is 0 Å². The number of nitrogens with zero attached hydrogens (tertiary/aromatic N) is 2. The molecule has 1 radical (unpaired) electrons. The van der Waals surface area contributed by atoms with Crippen LogP contribution in [0.15, 0.2) is 53.5 Å². The van der Waals surface area contributed by atoms with E-state index in [1.807, 2.05) is 24.3 Å². The van der Waals surface area contributed by atoms with E-state index >= 15 is 0 Å². The second-order valence-corrected chi connectivity index (χ2v) is 3.44. The van der Waals surface area contributed by atoms with Crippen LogP contribution in [-0.4, -0.2) is 6.34 Å². The molecule has 2 aromatic rings. The lowest BCUT2D eigenvalue weighted by molar-refractivity contribution is 1.35. The molecule has 71 valence electrons. The third-order valence-corrected chi connectivity index (χ3v) is 2.48. The van der Waals surface area contributed by atoms with Gasteiger partial charge in [-0.25, -0.2) is 10.3 Å². The molecule has 0 atom stereocenters. The molecule has 0 saturated carbocycles. The van der Waals surface area contributed by atoms with Crippen molar-refractivity contribution < 1.29 is 0 Å². The predicted octanol–water partition coefficient (Wildman–Crippen LogP) is 3.26. The zero-order valence-electron chi connectivity index (χ0n) is 8.09. The van der Waals surface area contributed by atoms with Crippen LogP contribution in [0.25, 0.3) is 11.1 Å². The molecule has 0 aromatic heterocycles. The molecular formula is C13H9N2. The van der Waals surface area contributed by atoms with Crippen LogP contribution in [0, 0.1) is 0 Å². The summed E-state index contributed by atoms with van der Waals surface area (Å²) in [6, 6.07) is 16.4. The van der Waals surface area contributed by atoms with Crippen LogP contribution in [0.5, 0.6) is 0 Å². The Morgan fingerprint density at radius 3 is 2.47 bits per heavy atom. The number of hydrogen-bond acceptors (Lipinski definition) is 1. The Kier molecular flexibility index (Phi) is 1.78. The molecule has 1 aliphatic rings. The van der Waals surface area contributed by atoms with Gasteiger partial charge in [-0.3, -0.25) is 0 Å². The Labute approximate surface area is 88.3 Å². The van der Waals surface area contributed by atoms with Crippen LogP contribution >= 0.6 is 0 Å². The Bertz CT molecular complexity index is 515. The minimum absolute atomic E-state index is 0.953. The van der Waals surface area contributed by atoms with Crippen LogP contribution in [0.1, 0.15) is 0 Å². The van der Waals surface area contributed by atoms with Gasteiger partial charge >= 0.3 is 0 Å². The van der Waals surface area contributed by atoms with Crippen molar-refractivity contribution in [3.63, 3.8) is 0 Å². The standard InChI is InChI=1S/C13H9N2/c1-2-4-10(5-3-1)11-6-7-12-13(8-11)15-9-14-12/h1-9H. The van der Waals surface area contributed by atoms with Crippen molar-refractivity contribution in [1.82, 2.24) is 5.32 Å². The topological polar surface area (TPSA) is 26.5 Å². The molecule has 0 bridgehead atoms. The fourth-order valence-corrected chi connectivity index (χ4v) is 1.70. The summed E-state index contributed by atoms with van der Waals surface area (Å²) in [5.41, 5.74) is 4.30. The second kappa shape index (κ2) is 3.24. The van der Waals surface area contributed by atoms with Gasteiger partial charge in [0.15, 0.2) is 0 Å². The summed E-state index contributed by atoms with van der Waals surface area (Å²) in [6.07, 6.45) is 1.60. The van der Waals surface area contributed by atoms with Crippen molar-refractivity contribution >= 4 is 17.7 Å². The van der Waals surface area contributed by atoms with Crippen LogP contribution in [0.2, 0.25) is 0 Å². The molecule has 2 nitrogen and oxygen atoms in total. The number of benzene rings is 2. The van der Waals surface area contributed by atoms with E-state index in [1.165, 1.54) is 11.1 Å². The molecule has 0 amide bonds. The average molecular weight is 193 g/mol. The van der Waals surface area contributed by atoms with Crippen molar-refractivity contribution in [1.29, 1.82) is 0 Å². The van der Waals surface area contributed by atoms with Gasteiger partial charge < -0.3 is 0 Å². The van der Waals surface area contributed by atoms with E-state index in [2.05, 4.69) is 34.6 Å². The van der Waals surface area contributed by atoms with Crippen LogP contribution < -0.4 is 5.32 Å². The summed E-state index contributed by atoms with van der Waals surface area (Å²) >= 11 is 0. The minimum atomic E-state index is 0.953. The molecule has 0 spiro atoms. The Hall–Kier alpha value is -2.09. The Morgan fingerprint density at radius 2 is 1.60 bits per heavy atom. The van der Waals surface area contributed by atoms with Crippen LogP contribution in [0.3, 0.4) is 0 Å². The highest BCUT2D eigenvalue weighted by Crippen LogP contribution is 2.32. The van der Waals surface area contributed by atoms with Gasteiger partial charge in [-0.2, -0.15) is 0 Å². The number of rotatable bonds is 1. The van der Waals surface area contributed by atoms with Gasteiger partial charge in [0, 0.05) is 0 Å². The largest absolute Gasteiger partial charge is 0.235 e. The molecular weight excluding hydrogens is 184 g/mol. The lowest BCUT2D eigenvalue weighted by atomic mass is 10.0. The lowest BCUT2D eigenvalue weighted by Gasteiger charge is -2.03. The van der Waals surface area contributed by atoms with Gasteiger partial charge in [0.1, 0.15) is 6.34 Å². The first kappa shape index (κ1) is 8.24. The van der Waals surface area contributed by atoms with E-state index in [1.54, 1.807) is 6.34 Å². The number of hydrogen-bond donors (Lipinski definition) is 0. The summed E-state index contributed by atoms with van der Waals surface area (Å²) in [7, 11) is 0.